The maximum Gasteiger partial charge on any atom is 0.258 e. The van der Waals surface area contributed by atoms with E-state index >= 15 is 0 Å². The fourth-order valence-corrected chi connectivity index (χ4v) is 7.62. The van der Waals surface area contributed by atoms with Gasteiger partial charge in [0.2, 0.25) is 10.0 Å². The summed E-state index contributed by atoms with van der Waals surface area (Å²) in [5.74, 6) is 0.831. The highest BCUT2D eigenvalue weighted by Crippen LogP contribution is 2.39. The van der Waals surface area contributed by atoms with Crippen LogP contribution in [0.15, 0.2) is 53.4 Å². The van der Waals surface area contributed by atoms with Gasteiger partial charge in [-0.15, -0.1) is 11.6 Å². The number of fused-ring (bicyclic) bond motifs is 1. The van der Waals surface area contributed by atoms with Crippen molar-refractivity contribution < 1.29 is 22.7 Å². The van der Waals surface area contributed by atoms with Gasteiger partial charge in [0.25, 0.3) is 5.91 Å². The zero-order chi connectivity index (χ0) is 26.4. The molecule has 0 saturated carbocycles. The lowest BCUT2D eigenvalue weighted by atomic mass is 9.89. The Bertz CT molecular complexity index is 1550. The van der Waals surface area contributed by atoms with Crippen molar-refractivity contribution in [1.82, 2.24) is 4.31 Å². The number of rotatable bonds is 8. The second-order valence-corrected chi connectivity index (χ2v) is 12.5. The Morgan fingerprint density at radius 3 is 2.84 bits per heavy atom. The van der Waals surface area contributed by atoms with E-state index in [4.69, 9.17) is 16.3 Å². The molecule has 1 unspecified atom stereocenters. The third-order valence-electron chi connectivity index (χ3n) is 7.89. The molecule has 198 valence electrons. The molecule has 3 aliphatic heterocycles. The number of hydrogen-bond acceptors (Lipinski definition) is 5. The van der Waals surface area contributed by atoms with E-state index in [0.717, 1.165) is 33.3 Å². The molecule has 3 aliphatic rings. The maximum atomic E-state index is 13.5. The summed E-state index contributed by atoms with van der Waals surface area (Å²) in [7, 11) is -3.71. The first-order valence-corrected chi connectivity index (χ1v) is 15.1. The number of ether oxygens (including phenoxy) is 1. The van der Waals surface area contributed by atoms with Crippen LogP contribution < -0.4 is 9.64 Å². The van der Waals surface area contributed by atoms with Gasteiger partial charge >= 0.3 is 0 Å². The number of Topliss-reactive ketones (excluding diaryl/α,β-unsaturated/α-hetero) is 1. The lowest BCUT2D eigenvalue weighted by molar-refractivity contribution is -0.123. The number of carbonyl (C=O) groups excluding carboxylic acids is 2. The number of amides is 1. The van der Waals surface area contributed by atoms with Gasteiger partial charge in [0.05, 0.1) is 17.2 Å². The first-order valence-electron chi connectivity index (χ1n) is 13.1. The van der Waals surface area contributed by atoms with Crippen LogP contribution in [-0.2, 0) is 27.7 Å². The lowest BCUT2D eigenvalue weighted by Crippen LogP contribution is -2.42. The number of sulfonamides is 1. The molecule has 3 aromatic rings. The number of alkyl halides is 1. The van der Waals surface area contributed by atoms with Crippen LogP contribution in [0.2, 0.25) is 0 Å². The van der Waals surface area contributed by atoms with E-state index in [1.165, 1.54) is 4.31 Å². The SMILES string of the molecule is O=C(Cc1ccc2c3c(cccc13)C(=O)N2CCCCl)C1CCCN(S(=O)(=O)c2ccc3c(c2)CCO3)C1. The Morgan fingerprint density at radius 1 is 1.13 bits per heavy atom. The molecule has 6 rings (SSSR count). The molecule has 1 saturated heterocycles. The van der Waals surface area contributed by atoms with E-state index in [2.05, 4.69) is 0 Å². The molecule has 7 nitrogen and oxygen atoms in total. The van der Waals surface area contributed by atoms with Crippen LogP contribution >= 0.6 is 11.6 Å². The smallest absolute Gasteiger partial charge is 0.258 e. The largest absolute Gasteiger partial charge is 0.493 e. The molecule has 0 spiro atoms. The first kappa shape index (κ1) is 25.3. The molecule has 0 aromatic heterocycles. The van der Waals surface area contributed by atoms with Gasteiger partial charge < -0.3 is 9.64 Å². The molecule has 1 atom stereocenters. The third kappa shape index (κ3) is 4.28. The molecule has 0 radical (unpaired) electrons. The molecule has 9 heteroatoms. The van der Waals surface area contributed by atoms with E-state index in [-0.39, 0.29) is 35.5 Å². The minimum Gasteiger partial charge on any atom is -0.493 e. The molecular weight excluding hydrogens is 524 g/mol. The normalized spacial score (nSPS) is 19.1. The molecule has 1 fully saturated rings. The fraction of sp³-hybridized carbons (Fsp3) is 0.379. The number of ketones is 1. The van der Waals surface area contributed by atoms with Crippen LogP contribution in [0.4, 0.5) is 5.69 Å². The van der Waals surface area contributed by atoms with Gasteiger partial charge in [0.1, 0.15) is 11.5 Å². The minimum atomic E-state index is -3.71. The number of benzene rings is 3. The van der Waals surface area contributed by atoms with Crippen LogP contribution in [0.5, 0.6) is 5.75 Å². The average Bonchev–Trinajstić information content (AvgIpc) is 3.52. The second-order valence-electron chi connectivity index (χ2n) is 10.2. The third-order valence-corrected chi connectivity index (χ3v) is 10.0. The van der Waals surface area contributed by atoms with Gasteiger partial charge in [-0.1, -0.05) is 18.2 Å². The number of carbonyl (C=O) groups is 2. The molecule has 0 bridgehead atoms. The van der Waals surface area contributed by atoms with Crippen molar-refractivity contribution in [3.8, 4) is 5.75 Å². The summed E-state index contributed by atoms with van der Waals surface area (Å²) in [5.41, 5.74) is 3.27. The quantitative estimate of drug-likeness (QED) is 0.382. The van der Waals surface area contributed by atoms with E-state index in [0.29, 0.717) is 56.8 Å². The Labute approximate surface area is 227 Å². The van der Waals surface area contributed by atoms with E-state index < -0.39 is 10.0 Å². The predicted octanol–water partition coefficient (Wildman–Crippen LogP) is 4.58. The van der Waals surface area contributed by atoms with Crippen LogP contribution in [0.1, 0.15) is 40.7 Å². The van der Waals surface area contributed by atoms with Gasteiger partial charge in [-0.2, -0.15) is 4.31 Å². The second kappa shape index (κ2) is 9.98. The van der Waals surface area contributed by atoms with Crippen molar-refractivity contribution in [2.75, 3.05) is 37.0 Å². The summed E-state index contributed by atoms with van der Waals surface area (Å²) in [6.45, 7) is 1.70. The Balaban J connectivity index is 1.22. The van der Waals surface area contributed by atoms with E-state index in [9.17, 15) is 18.0 Å². The van der Waals surface area contributed by atoms with E-state index in [1.807, 2.05) is 30.3 Å². The number of nitrogens with zero attached hydrogens (tertiary/aromatic N) is 2. The summed E-state index contributed by atoms with van der Waals surface area (Å²) in [4.78, 5) is 28.5. The summed E-state index contributed by atoms with van der Waals surface area (Å²) >= 11 is 5.87. The average molecular weight is 553 g/mol. The summed E-state index contributed by atoms with van der Waals surface area (Å²) in [6.07, 6.45) is 2.89. The molecule has 38 heavy (non-hydrogen) atoms. The van der Waals surface area contributed by atoms with Gasteiger partial charge in [-0.25, -0.2) is 8.42 Å². The number of hydrogen-bond donors (Lipinski definition) is 0. The molecule has 3 heterocycles. The number of piperidine rings is 1. The summed E-state index contributed by atoms with van der Waals surface area (Å²) in [5, 5.41) is 1.78. The Hall–Kier alpha value is -2.94. The standard InChI is InChI=1S/C29H29ClN2O5S/c30-12-3-14-32-25-9-7-19(23-5-1-6-24(28(23)25)29(32)34)17-26(33)21-4-2-13-31(18-21)38(35,36)22-8-10-27-20(16-22)11-15-37-27/h1,5-10,16,21H,2-4,11-15,17-18H2. The van der Waals surface area contributed by atoms with Crippen molar-refractivity contribution in [1.29, 1.82) is 0 Å². The number of anilines is 1. The van der Waals surface area contributed by atoms with Crippen molar-refractivity contribution in [2.24, 2.45) is 5.92 Å². The van der Waals surface area contributed by atoms with Gasteiger partial charge in [-0.3, -0.25) is 9.59 Å². The van der Waals surface area contributed by atoms with Crippen molar-refractivity contribution in [3.05, 3.63) is 65.2 Å². The summed E-state index contributed by atoms with van der Waals surface area (Å²) < 4.78 is 33.8. The minimum absolute atomic E-state index is 0.0243. The van der Waals surface area contributed by atoms with Crippen LogP contribution in [0.25, 0.3) is 10.8 Å². The van der Waals surface area contributed by atoms with Crippen molar-refractivity contribution in [2.45, 2.75) is 37.0 Å². The topological polar surface area (TPSA) is 84.0 Å². The molecule has 0 aliphatic carbocycles. The monoisotopic (exact) mass is 552 g/mol. The Kier molecular flexibility index (Phi) is 6.66. The number of halogens is 1. The van der Waals surface area contributed by atoms with Gasteiger partial charge in [0.15, 0.2) is 0 Å². The van der Waals surface area contributed by atoms with Crippen molar-refractivity contribution in [3.63, 3.8) is 0 Å². The molecule has 1 amide bonds. The zero-order valence-corrected chi connectivity index (χ0v) is 22.6. The van der Waals surface area contributed by atoms with Crippen LogP contribution in [0.3, 0.4) is 0 Å². The first-order chi connectivity index (χ1) is 18.4. The predicted molar refractivity (Wildman–Crippen MR) is 147 cm³/mol. The van der Waals surface area contributed by atoms with E-state index in [1.54, 1.807) is 23.1 Å². The highest BCUT2D eigenvalue weighted by molar-refractivity contribution is 7.89. The Morgan fingerprint density at radius 2 is 2.00 bits per heavy atom. The molecule has 3 aromatic carbocycles. The van der Waals surface area contributed by atoms with Crippen LogP contribution in [0, 0.1) is 5.92 Å². The molecular formula is C29H29ClN2O5S. The summed E-state index contributed by atoms with van der Waals surface area (Å²) in [6, 6.07) is 14.5. The molecule has 0 N–H and O–H groups in total. The van der Waals surface area contributed by atoms with Crippen molar-refractivity contribution >= 4 is 49.8 Å². The lowest BCUT2D eigenvalue weighted by Gasteiger charge is -2.31. The van der Waals surface area contributed by atoms with Gasteiger partial charge in [0, 0.05) is 55.2 Å². The van der Waals surface area contributed by atoms with Crippen LogP contribution in [-0.4, -0.2) is 56.5 Å². The zero-order valence-electron chi connectivity index (χ0n) is 21.0. The highest BCUT2D eigenvalue weighted by atomic mass is 35.5. The highest BCUT2D eigenvalue weighted by Gasteiger charge is 2.35. The fourth-order valence-electron chi connectivity index (χ4n) is 5.93. The van der Waals surface area contributed by atoms with Gasteiger partial charge in [-0.05, 0) is 66.1 Å². The maximum absolute atomic E-state index is 13.5.